The van der Waals surface area contributed by atoms with Gasteiger partial charge >= 0.3 is 0 Å². The van der Waals surface area contributed by atoms with Gasteiger partial charge in [-0.1, -0.05) is 18.2 Å². The molecule has 3 rings (SSSR count). The van der Waals surface area contributed by atoms with E-state index in [9.17, 15) is 0 Å². The summed E-state index contributed by atoms with van der Waals surface area (Å²) in [6.45, 7) is 3.80. The maximum absolute atomic E-state index is 4.64. The molecule has 0 aliphatic carbocycles. The molecule has 1 aromatic heterocycles. The summed E-state index contributed by atoms with van der Waals surface area (Å²) in [6.07, 6.45) is 2.89. The molecular formula is C14H16N4. The molecule has 0 bridgehead atoms. The quantitative estimate of drug-likeness (QED) is 0.847. The van der Waals surface area contributed by atoms with Crippen LogP contribution in [-0.4, -0.2) is 23.1 Å². The number of hydrogen-bond donors (Lipinski definition) is 2. The first-order valence-electron chi connectivity index (χ1n) is 6.31. The average Bonchev–Trinajstić information content (AvgIpc) is 2.58. The van der Waals surface area contributed by atoms with E-state index in [4.69, 9.17) is 0 Å². The second-order valence-corrected chi connectivity index (χ2v) is 4.32. The summed E-state index contributed by atoms with van der Waals surface area (Å²) in [6, 6.07) is 8.29. The molecule has 2 N–H and O–H groups in total. The Bertz CT molecular complexity index is 565. The highest BCUT2D eigenvalue weighted by molar-refractivity contribution is 5.78. The highest BCUT2D eigenvalue weighted by Crippen LogP contribution is 2.31. The molecule has 0 atom stereocenters. The van der Waals surface area contributed by atoms with E-state index in [2.05, 4.69) is 32.7 Å². The number of rotatable bonds is 2. The zero-order valence-corrected chi connectivity index (χ0v) is 10.4. The molecular weight excluding hydrogens is 224 g/mol. The first kappa shape index (κ1) is 11.0. The third-order valence-corrected chi connectivity index (χ3v) is 3.09. The number of nitrogens with one attached hydrogen (secondary N) is 2. The van der Waals surface area contributed by atoms with E-state index in [1.54, 1.807) is 0 Å². The number of benzene rings is 1. The molecule has 1 aliphatic heterocycles. The van der Waals surface area contributed by atoms with Gasteiger partial charge in [-0.05, 0) is 25.0 Å². The van der Waals surface area contributed by atoms with Gasteiger partial charge in [0.2, 0.25) is 5.95 Å². The van der Waals surface area contributed by atoms with Crippen LogP contribution in [0.1, 0.15) is 12.5 Å². The van der Waals surface area contributed by atoms with Crippen molar-refractivity contribution in [1.29, 1.82) is 0 Å². The molecule has 0 unspecified atom stereocenters. The number of fused-ring (bicyclic) bond motifs is 3. The van der Waals surface area contributed by atoms with E-state index in [0.29, 0.717) is 5.95 Å². The van der Waals surface area contributed by atoms with E-state index < -0.39 is 0 Å². The number of aromatic nitrogens is 2. The van der Waals surface area contributed by atoms with E-state index in [1.807, 2.05) is 25.3 Å². The Morgan fingerprint density at radius 2 is 2.22 bits per heavy atom. The zero-order valence-electron chi connectivity index (χ0n) is 10.4. The first-order valence-corrected chi connectivity index (χ1v) is 6.31. The average molecular weight is 240 g/mol. The minimum absolute atomic E-state index is 0.702. The number of para-hydroxylation sites is 1. The molecule has 1 aliphatic rings. The second kappa shape index (κ2) is 4.64. The molecule has 4 nitrogen and oxygen atoms in total. The third-order valence-electron chi connectivity index (χ3n) is 3.09. The van der Waals surface area contributed by atoms with E-state index in [-0.39, 0.29) is 0 Å². The molecule has 0 saturated carbocycles. The lowest BCUT2D eigenvalue weighted by Crippen LogP contribution is -2.05. The number of anilines is 2. The Balaban J connectivity index is 2.14. The van der Waals surface area contributed by atoms with E-state index in [1.165, 1.54) is 5.56 Å². The minimum Gasteiger partial charge on any atom is -0.384 e. The molecule has 0 fully saturated rings. The molecule has 18 heavy (non-hydrogen) atoms. The van der Waals surface area contributed by atoms with Gasteiger partial charge in [0.15, 0.2) is 0 Å². The van der Waals surface area contributed by atoms with Crippen molar-refractivity contribution in [2.75, 3.05) is 23.7 Å². The Hall–Kier alpha value is -2.10. The summed E-state index contributed by atoms with van der Waals surface area (Å²) in [4.78, 5) is 8.99. The van der Waals surface area contributed by atoms with Crippen LogP contribution < -0.4 is 10.6 Å². The van der Waals surface area contributed by atoms with Gasteiger partial charge in [0.25, 0.3) is 0 Å². The minimum atomic E-state index is 0.702. The maximum atomic E-state index is 4.64. The molecule has 92 valence electrons. The molecule has 2 aromatic rings. The predicted molar refractivity (Wildman–Crippen MR) is 73.8 cm³/mol. The lowest BCUT2D eigenvalue weighted by Gasteiger charge is -2.09. The van der Waals surface area contributed by atoms with Crippen LogP contribution in [0.4, 0.5) is 11.6 Å². The third kappa shape index (κ3) is 1.90. The highest BCUT2D eigenvalue weighted by atomic mass is 15.1. The predicted octanol–water partition coefficient (Wildman–Crippen LogP) is 2.54. The van der Waals surface area contributed by atoms with Crippen molar-refractivity contribution in [3.05, 3.63) is 36.0 Å². The van der Waals surface area contributed by atoms with Gasteiger partial charge in [0, 0.05) is 30.5 Å². The van der Waals surface area contributed by atoms with Crippen LogP contribution in [0, 0.1) is 0 Å². The lowest BCUT2D eigenvalue weighted by molar-refractivity contribution is 0.992. The summed E-state index contributed by atoms with van der Waals surface area (Å²) in [5.74, 6) is 0.702. The van der Waals surface area contributed by atoms with E-state index in [0.717, 1.165) is 36.5 Å². The topological polar surface area (TPSA) is 49.8 Å². The first-order chi connectivity index (χ1) is 8.88. The molecule has 1 aromatic carbocycles. The molecule has 0 amide bonds. The fourth-order valence-corrected chi connectivity index (χ4v) is 2.24. The van der Waals surface area contributed by atoms with Gasteiger partial charge in [0.05, 0.1) is 5.69 Å². The van der Waals surface area contributed by atoms with Gasteiger partial charge in [-0.3, -0.25) is 0 Å². The Morgan fingerprint density at radius 1 is 1.33 bits per heavy atom. The summed E-state index contributed by atoms with van der Waals surface area (Å²) in [7, 11) is 0. The van der Waals surface area contributed by atoms with Crippen LogP contribution in [0.3, 0.4) is 0 Å². The van der Waals surface area contributed by atoms with Gasteiger partial charge in [0.1, 0.15) is 0 Å². The van der Waals surface area contributed by atoms with Crippen LogP contribution >= 0.6 is 0 Å². The Labute approximate surface area is 106 Å². The highest BCUT2D eigenvalue weighted by Gasteiger charge is 2.15. The van der Waals surface area contributed by atoms with Gasteiger partial charge in [-0.15, -0.1) is 0 Å². The van der Waals surface area contributed by atoms with Crippen LogP contribution in [0.2, 0.25) is 0 Å². The fraction of sp³-hybridized carbons (Fsp3) is 0.286. The SMILES string of the molecule is CCNc1ncc2c(n1)-c1ccccc1NCC2. The Kier molecular flexibility index (Phi) is 2.84. The Morgan fingerprint density at radius 3 is 3.11 bits per heavy atom. The van der Waals surface area contributed by atoms with Crippen LogP contribution in [0.25, 0.3) is 11.3 Å². The fourth-order valence-electron chi connectivity index (χ4n) is 2.24. The molecule has 0 radical (unpaired) electrons. The smallest absolute Gasteiger partial charge is 0.223 e. The largest absolute Gasteiger partial charge is 0.384 e. The van der Waals surface area contributed by atoms with Crippen LogP contribution in [-0.2, 0) is 6.42 Å². The number of hydrogen-bond acceptors (Lipinski definition) is 4. The van der Waals surface area contributed by atoms with Crippen molar-refractivity contribution < 1.29 is 0 Å². The van der Waals surface area contributed by atoms with Crippen molar-refractivity contribution in [2.24, 2.45) is 0 Å². The summed E-state index contributed by atoms with van der Waals surface area (Å²) in [5, 5.41) is 6.60. The zero-order chi connectivity index (χ0) is 12.4. The van der Waals surface area contributed by atoms with Gasteiger partial charge in [-0.2, -0.15) is 0 Å². The molecule has 0 saturated heterocycles. The van der Waals surface area contributed by atoms with Crippen molar-refractivity contribution in [3.8, 4) is 11.3 Å². The normalized spacial score (nSPS) is 12.9. The molecule has 4 heteroatoms. The van der Waals surface area contributed by atoms with Crippen LogP contribution in [0.15, 0.2) is 30.5 Å². The summed E-state index contributed by atoms with van der Waals surface area (Å²) < 4.78 is 0. The van der Waals surface area contributed by atoms with Gasteiger partial charge in [-0.25, -0.2) is 9.97 Å². The van der Waals surface area contributed by atoms with Crippen molar-refractivity contribution in [1.82, 2.24) is 9.97 Å². The van der Waals surface area contributed by atoms with Gasteiger partial charge < -0.3 is 10.6 Å². The van der Waals surface area contributed by atoms with Crippen molar-refractivity contribution in [3.63, 3.8) is 0 Å². The molecule has 0 spiro atoms. The monoisotopic (exact) mass is 240 g/mol. The maximum Gasteiger partial charge on any atom is 0.223 e. The lowest BCUT2D eigenvalue weighted by atomic mass is 10.1. The van der Waals surface area contributed by atoms with Crippen molar-refractivity contribution >= 4 is 11.6 Å². The second-order valence-electron chi connectivity index (χ2n) is 4.32. The van der Waals surface area contributed by atoms with E-state index >= 15 is 0 Å². The van der Waals surface area contributed by atoms with Crippen molar-refractivity contribution in [2.45, 2.75) is 13.3 Å². The standard InChI is InChI=1S/C14H16N4/c1-2-15-14-17-9-10-7-8-16-12-6-4-3-5-11(12)13(10)18-14/h3-6,9,16H,2,7-8H2,1H3,(H,15,17,18). The summed E-state index contributed by atoms with van der Waals surface area (Å²) in [5.41, 5.74) is 4.56. The molecule has 2 heterocycles. The summed E-state index contributed by atoms with van der Waals surface area (Å²) >= 11 is 0. The van der Waals surface area contributed by atoms with Crippen LogP contribution in [0.5, 0.6) is 0 Å². The number of nitrogens with zero attached hydrogens (tertiary/aromatic N) is 2.